The first-order chi connectivity index (χ1) is 9.15. The van der Waals surface area contributed by atoms with E-state index < -0.39 is 0 Å². The van der Waals surface area contributed by atoms with Gasteiger partial charge in [0.15, 0.2) is 5.69 Å². The van der Waals surface area contributed by atoms with Crippen molar-refractivity contribution < 1.29 is 9.36 Å². The highest BCUT2D eigenvalue weighted by Gasteiger charge is 2.07. The number of aromatic nitrogens is 2. The first-order valence-corrected chi connectivity index (χ1v) is 6.32. The van der Waals surface area contributed by atoms with Gasteiger partial charge < -0.3 is 5.32 Å². The summed E-state index contributed by atoms with van der Waals surface area (Å²) in [4.78, 5) is 16.1. The van der Waals surface area contributed by atoms with Gasteiger partial charge in [0.05, 0.1) is 19.2 Å². The molecule has 0 atom stereocenters. The Bertz CT molecular complexity index is 567. The first kappa shape index (κ1) is 13.2. The maximum atomic E-state index is 11.8. The van der Waals surface area contributed by atoms with Gasteiger partial charge in [0, 0.05) is 18.2 Å². The zero-order valence-electron chi connectivity index (χ0n) is 11.3. The van der Waals surface area contributed by atoms with Crippen molar-refractivity contribution in [1.82, 2.24) is 4.98 Å². The second kappa shape index (κ2) is 6.09. The monoisotopic (exact) mass is 256 g/mol. The lowest BCUT2D eigenvalue weighted by molar-refractivity contribution is -0.699. The molecule has 1 aromatic heterocycles. The lowest BCUT2D eigenvalue weighted by atomic mass is 10.3. The van der Waals surface area contributed by atoms with E-state index in [9.17, 15) is 4.79 Å². The van der Waals surface area contributed by atoms with Crippen LogP contribution in [-0.2, 0) is 11.3 Å². The molecule has 0 bridgehead atoms. The van der Waals surface area contributed by atoms with Crippen LogP contribution < -0.4 is 9.88 Å². The molecular weight excluding hydrogens is 238 g/mol. The van der Waals surface area contributed by atoms with Gasteiger partial charge in [-0.25, -0.2) is 4.57 Å². The highest BCUT2D eigenvalue weighted by Crippen LogP contribution is 2.05. The Balaban J connectivity index is 1.88. The summed E-state index contributed by atoms with van der Waals surface area (Å²) in [5.41, 5.74) is 2.98. The zero-order chi connectivity index (χ0) is 13.7. The topological polar surface area (TPSA) is 45.9 Å². The van der Waals surface area contributed by atoms with Gasteiger partial charge in [-0.1, -0.05) is 23.2 Å². The van der Waals surface area contributed by atoms with Crippen LogP contribution in [0.25, 0.3) is 0 Å². The molecule has 0 fully saturated rings. The quantitative estimate of drug-likeness (QED) is 0.851. The molecule has 0 saturated carbocycles. The fourth-order valence-electron chi connectivity index (χ4n) is 1.74. The Kier molecular flexibility index (Phi) is 4.23. The number of anilines is 1. The van der Waals surface area contributed by atoms with Gasteiger partial charge in [0.25, 0.3) is 6.33 Å². The third-order valence-corrected chi connectivity index (χ3v) is 2.98. The Morgan fingerprint density at radius 3 is 2.68 bits per heavy atom. The van der Waals surface area contributed by atoms with Crippen molar-refractivity contribution in [1.29, 1.82) is 0 Å². The summed E-state index contributed by atoms with van der Waals surface area (Å²) in [7, 11) is 0. The number of para-hydroxylation sites is 1. The number of nitrogens with one attached hydrogen (secondary N) is 1. The van der Waals surface area contributed by atoms with Gasteiger partial charge in [-0.3, -0.25) is 4.79 Å². The summed E-state index contributed by atoms with van der Waals surface area (Å²) in [6.45, 7) is 4.62. The number of hydrogen-bond acceptors (Lipinski definition) is 2. The number of carbonyl (C=O) groups is 1. The highest BCUT2D eigenvalue weighted by molar-refractivity contribution is 5.90. The second-order valence-electron chi connectivity index (χ2n) is 4.54. The standard InChI is InChI=1S/C15H17N3O/c1-12-10-18(11-16-13(12)2)9-8-15(19)17-14-6-4-3-5-7-14/h3-7,10-11H,8-9H2,1-2H3/p+1. The number of hydrogen-bond donors (Lipinski definition) is 1. The summed E-state index contributed by atoms with van der Waals surface area (Å²) in [6, 6.07) is 9.48. The van der Waals surface area contributed by atoms with Crippen molar-refractivity contribution in [2.45, 2.75) is 26.8 Å². The molecule has 0 aliphatic heterocycles. The summed E-state index contributed by atoms with van der Waals surface area (Å²) < 4.78 is 1.94. The fourth-order valence-corrected chi connectivity index (χ4v) is 1.74. The molecule has 2 aromatic rings. The molecule has 1 amide bonds. The van der Waals surface area contributed by atoms with E-state index in [-0.39, 0.29) is 5.91 Å². The molecule has 0 unspecified atom stereocenters. The van der Waals surface area contributed by atoms with Crippen LogP contribution in [0.1, 0.15) is 17.7 Å². The Hall–Kier alpha value is -2.23. The van der Waals surface area contributed by atoms with E-state index >= 15 is 0 Å². The summed E-state index contributed by atoms with van der Waals surface area (Å²) in [5.74, 6) is 0.0110. The number of carbonyl (C=O) groups excluding carboxylic acids is 1. The first-order valence-electron chi connectivity index (χ1n) is 6.32. The average molecular weight is 256 g/mol. The van der Waals surface area contributed by atoms with Gasteiger partial charge >= 0.3 is 0 Å². The maximum Gasteiger partial charge on any atom is 0.286 e. The van der Waals surface area contributed by atoms with Crippen molar-refractivity contribution >= 4 is 11.6 Å². The molecule has 1 N–H and O–H groups in total. The lowest BCUT2D eigenvalue weighted by Crippen LogP contribution is -2.36. The van der Waals surface area contributed by atoms with Crippen molar-refractivity contribution in [3.63, 3.8) is 0 Å². The zero-order valence-corrected chi connectivity index (χ0v) is 11.3. The Morgan fingerprint density at radius 1 is 1.26 bits per heavy atom. The van der Waals surface area contributed by atoms with Crippen LogP contribution in [0.5, 0.6) is 0 Å². The molecule has 1 heterocycles. The molecule has 4 heteroatoms. The third-order valence-electron chi connectivity index (χ3n) is 2.98. The van der Waals surface area contributed by atoms with E-state index in [0.717, 1.165) is 16.9 Å². The van der Waals surface area contributed by atoms with E-state index in [2.05, 4.69) is 10.3 Å². The number of amides is 1. The van der Waals surface area contributed by atoms with Crippen LogP contribution in [-0.4, -0.2) is 10.9 Å². The van der Waals surface area contributed by atoms with Crippen molar-refractivity contribution in [3.8, 4) is 0 Å². The lowest BCUT2D eigenvalue weighted by Gasteiger charge is -2.04. The number of benzene rings is 1. The smallest absolute Gasteiger partial charge is 0.286 e. The second-order valence-corrected chi connectivity index (χ2v) is 4.54. The molecule has 0 spiro atoms. The SMILES string of the molecule is Cc1c[n+](CCC(=O)Nc2ccccc2)cnc1C. The number of rotatable bonds is 4. The minimum Gasteiger partial charge on any atom is -0.326 e. The Labute approximate surface area is 113 Å². The van der Waals surface area contributed by atoms with Crippen LogP contribution in [0.4, 0.5) is 5.69 Å². The summed E-state index contributed by atoms with van der Waals surface area (Å²) in [6.07, 6.45) is 4.21. The van der Waals surface area contributed by atoms with E-state index in [1.54, 1.807) is 6.33 Å². The molecule has 98 valence electrons. The Morgan fingerprint density at radius 2 is 2.00 bits per heavy atom. The van der Waals surface area contributed by atoms with E-state index in [4.69, 9.17) is 0 Å². The molecule has 19 heavy (non-hydrogen) atoms. The minimum absolute atomic E-state index is 0.0110. The van der Waals surface area contributed by atoms with Crippen LogP contribution in [0, 0.1) is 13.8 Å². The predicted octanol–water partition coefficient (Wildman–Crippen LogP) is 2.01. The van der Waals surface area contributed by atoms with E-state index in [1.807, 2.05) is 54.9 Å². The third kappa shape index (κ3) is 3.88. The normalized spacial score (nSPS) is 10.2. The molecule has 4 nitrogen and oxygen atoms in total. The minimum atomic E-state index is 0.0110. The molecule has 2 rings (SSSR count). The fraction of sp³-hybridized carbons (Fsp3) is 0.267. The van der Waals surface area contributed by atoms with Crippen LogP contribution in [0.15, 0.2) is 42.9 Å². The molecule has 0 radical (unpaired) electrons. The van der Waals surface area contributed by atoms with E-state index in [0.29, 0.717) is 13.0 Å². The highest BCUT2D eigenvalue weighted by atomic mass is 16.1. The van der Waals surface area contributed by atoms with Gasteiger partial charge in [0.2, 0.25) is 5.91 Å². The average Bonchev–Trinajstić information content (AvgIpc) is 2.41. The van der Waals surface area contributed by atoms with Crippen LogP contribution >= 0.6 is 0 Å². The summed E-state index contributed by atoms with van der Waals surface area (Å²) in [5, 5.41) is 2.87. The molecule has 0 aliphatic carbocycles. The van der Waals surface area contributed by atoms with Crippen LogP contribution in [0.2, 0.25) is 0 Å². The van der Waals surface area contributed by atoms with Crippen LogP contribution in [0.3, 0.4) is 0 Å². The van der Waals surface area contributed by atoms with Gasteiger partial charge in [-0.2, -0.15) is 0 Å². The number of nitrogens with zero attached hydrogens (tertiary/aromatic N) is 2. The molecule has 0 aliphatic rings. The summed E-state index contributed by atoms with van der Waals surface area (Å²) >= 11 is 0. The number of aryl methyl sites for hydroxylation is 3. The van der Waals surface area contributed by atoms with Gasteiger partial charge in [-0.15, -0.1) is 0 Å². The van der Waals surface area contributed by atoms with Gasteiger partial charge in [0.1, 0.15) is 0 Å². The largest absolute Gasteiger partial charge is 0.326 e. The van der Waals surface area contributed by atoms with Crippen molar-refractivity contribution in [3.05, 3.63) is 54.1 Å². The van der Waals surface area contributed by atoms with E-state index in [1.165, 1.54) is 0 Å². The van der Waals surface area contributed by atoms with Crippen molar-refractivity contribution in [2.24, 2.45) is 0 Å². The predicted molar refractivity (Wildman–Crippen MR) is 73.6 cm³/mol. The molecule has 0 saturated heterocycles. The molecule has 1 aromatic carbocycles. The molecular formula is C15H18N3O+. The van der Waals surface area contributed by atoms with Gasteiger partial charge in [-0.05, 0) is 19.1 Å². The van der Waals surface area contributed by atoms with Crippen molar-refractivity contribution in [2.75, 3.05) is 5.32 Å². The maximum absolute atomic E-state index is 11.8.